The summed E-state index contributed by atoms with van der Waals surface area (Å²) in [5.41, 5.74) is 1.70. The molecule has 0 unspecified atom stereocenters. The smallest absolute Gasteiger partial charge is 0.209 e. The first-order chi connectivity index (χ1) is 10.1. The molecule has 0 fully saturated rings. The van der Waals surface area contributed by atoms with Crippen molar-refractivity contribution in [3.8, 4) is 17.1 Å². The fourth-order valence-electron chi connectivity index (χ4n) is 1.89. The molecule has 0 aliphatic carbocycles. The van der Waals surface area contributed by atoms with Gasteiger partial charge in [0, 0.05) is 10.7 Å². The molecule has 108 valence electrons. The highest BCUT2D eigenvalue weighted by atomic mass is 79.9. The van der Waals surface area contributed by atoms with E-state index >= 15 is 0 Å². The third-order valence-electron chi connectivity index (χ3n) is 2.97. The van der Waals surface area contributed by atoms with Gasteiger partial charge in [-0.25, -0.2) is 4.68 Å². The molecule has 0 bridgehead atoms. The van der Waals surface area contributed by atoms with Crippen molar-refractivity contribution in [2.75, 3.05) is 0 Å². The molecule has 0 aliphatic heterocycles. The summed E-state index contributed by atoms with van der Waals surface area (Å²) in [7, 11) is 0. The number of halogens is 1. The maximum Gasteiger partial charge on any atom is 0.209 e. The lowest BCUT2D eigenvalue weighted by Crippen LogP contribution is -2.04. The number of rotatable bonds is 3. The zero-order valence-electron chi connectivity index (χ0n) is 11.5. The van der Waals surface area contributed by atoms with Gasteiger partial charge < -0.3 is 0 Å². The molecule has 0 amide bonds. The highest BCUT2D eigenvalue weighted by Gasteiger charge is 2.13. The van der Waals surface area contributed by atoms with Gasteiger partial charge >= 0.3 is 0 Å². The quantitative estimate of drug-likeness (QED) is 0.722. The summed E-state index contributed by atoms with van der Waals surface area (Å²) in [5.74, 6) is 0.527. The lowest BCUT2D eigenvalue weighted by atomic mass is 10.3. The maximum atomic E-state index is 5.51. The molecule has 21 heavy (non-hydrogen) atoms. The van der Waals surface area contributed by atoms with Crippen LogP contribution in [0.2, 0.25) is 0 Å². The molecule has 1 aromatic carbocycles. The van der Waals surface area contributed by atoms with Gasteiger partial charge in [0.15, 0.2) is 0 Å². The van der Waals surface area contributed by atoms with E-state index in [2.05, 4.69) is 36.4 Å². The predicted molar refractivity (Wildman–Crippen MR) is 85.8 cm³/mol. The van der Waals surface area contributed by atoms with Gasteiger partial charge in [-0.2, -0.15) is 4.80 Å². The second-order valence-corrected chi connectivity index (χ2v) is 6.14. The van der Waals surface area contributed by atoms with E-state index in [9.17, 15) is 0 Å². The van der Waals surface area contributed by atoms with Crippen molar-refractivity contribution in [2.45, 2.75) is 19.9 Å². The van der Waals surface area contributed by atoms with Crippen LogP contribution in [-0.4, -0.2) is 30.0 Å². The minimum absolute atomic E-state index is 0.163. The Balaban J connectivity index is 2.05. The second kappa shape index (κ2) is 5.53. The summed E-state index contributed by atoms with van der Waals surface area (Å²) >= 11 is 8.96. The van der Waals surface area contributed by atoms with Gasteiger partial charge in [-0.1, -0.05) is 34.2 Å². The molecule has 8 heteroatoms. The van der Waals surface area contributed by atoms with Crippen LogP contribution in [0.3, 0.4) is 0 Å². The molecular weight excluding hydrogens is 352 g/mol. The van der Waals surface area contributed by atoms with E-state index in [1.54, 1.807) is 11.0 Å². The van der Waals surface area contributed by atoms with Gasteiger partial charge in [-0.3, -0.25) is 5.10 Å². The Morgan fingerprint density at radius 3 is 2.81 bits per heavy atom. The van der Waals surface area contributed by atoms with E-state index < -0.39 is 0 Å². The summed E-state index contributed by atoms with van der Waals surface area (Å²) < 4.78 is 3.42. The van der Waals surface area contributed by atoms with E-state index in [1.807, 2.05) is 42.8 Å². The van der Waals surface area contributed by atoms with Crippen molar-refractivity contribution in [3.63, 3.8) is 0 Å². The maximum absolute atomic E-state index is 5.51. The summed E-state index contributed by atoms with van der Waals surface area (Å²) in [6.45, 7) is 4.00. The largest absolute Gasteiger partial charge is 0.299 e. The van der Waals surface area contributed by atoms with E-state index in [0.29, 0.717) is 10.5 Å². The molecule has 0 saturated heterocycles. The lowest BCUT2D eigenvalue weighted by Gasteiger charge is -2.02. The molecular formula is C13H13BrN6S. The molecule has 1 N–H and O–H groups in total. The Morgan fingerprint density at radius 1 is 1.33 bits per heavy atom. The predicted octanol–water partition coefficient (Wildman–Crippen LogP) is 3.53. The molecule has 2 heterocycles. The van der Waals surface area contributed by atoms with Gasteiger partial charge in [-0.05, 0) is 37.3 Å². The third kappa shape index (κ3) is 2.68. The minimum atomic E-state index is 0.163. The Kier molecular flexibility index (Phi) is 3.73. The third-order valence-corrected chi connectivity index (χ3v) is 3.86. The van der Waals surface area contributed by atoms with E-state index in [0.717, 1.165) is 15.7 Å². The van der Waals surface area contributed by atoms with Gasteiger partial charge in [0.05, 0.1) is 17.3 Å². The summed E-state index contributed by atoms with van der Waals surface area (Å²) in [6.07, 6.45) is 1.80. The lowest BCUT2D eigenvalue weighted by molar-refractivity contribution is 0.455. The number of nitrogens with zero attached hydrogens (tertiary/aromatic N) is 5. The van der Waals surface area contributed by atoms with Crippen LogP contribution in [0.5, 0.6) is 0 Å². The van der Waals surface area contributed by atoms with Crippen LogP contribution >= 0.6 is 28.1 Å². The summed E-state index contributed by atoms with van der Waals surface area (Å²) in [5, 5.41) is 15.6. The monoisotopic (exact) mass is 364 g/mol. The number of aromatic amines is 1. The van der Waals surface area contributed by atoms with E-state index in [1.165, 1.54) is 0 Å². The number of nitrogens with one attached hydrogen (secondary N) is 1. The molecule has 0 saturated carbocycles. The molecule has 0 spiro atoms. The first kappa shape index (κ1) is 14.2. The Bertz CT molecular complexity index is 831. The number of tetrazole rings is 1. The van der Waals surface area contributed by atoms with Crippen LogP contribution in [0, 0.1) is 4.64 Å². The van der Waals surface area contributed by atoms with Crippen molar-refractivity contribution in [3.05, 3.63) is 39.6 Å². The highest BCUT2D eigenvalue weighted by molar-refractivity contribution is 9.10. The normalized spacial score (nSPS) is 11.2. The highest BCUT2D eigenvalue weighted by Crippen LogP contribution is 2.20. The van der Waals surface area contributed by atoms with Crippen molar-refractivity contribution in [1.29, 1.82) is 0 Å². The molecule has 3 aromatic rings. The number of H-pyrrole nitrogens is 1. The zero-order valence-corrected chi connectivity index (χ0v) is 13.9. The van der Waals surface area contributed by atoms with Crippen LogP contribution in [0.4, 0.5) is 0 Å². The Hall–Kier alpha value is -1.80. The average molecular weight is 365 g/mol. The van der Waals surface area contributed by atoms with Crippen LogP contribution < -0.4 is 0 Å². The first-order valence-corrected chi connectivity index (χ1v) is 7.62. The molecule has 2 aromatic heterocycles. The van der Waals surface area contributed by atoms with E-state index in [4.69, 9.17) is 12.2 Å². The molecule has 6 nitrogen and oxygen atoms in total. The summed E-state index contributed by atoms with van der Waals surface area (Å²) in [4.78, 5) is 1.57. The van der Waals surface area contributed by atoms with Gasteiger partial charge in [0.1, 0.15) is 4.64 Å². The fraction of sp³-hybridized carbons (Fsp3) is 0.231. The standard InChI is InChI=1S/C13H13BrN6S/c1-8(2)20-17-12(16-18-20)11-7-15-19(13(11)21)10-5-3-4-9(14)6-10/h3-8,15H,1-2H3. The van der Waals surface area contributed by atoms with Crippen molar-refractivity contribution >= 4 is 28.1 Å². The Morgan fingerprint density at radius 2 is 2.14 bits per heavy atom. The number of aromatic nitrogens is 6. The molecule has 0 radical (unpaired) electrons. The van der Waals surface area contributed by atoms with Crippen molar-refractivity contribution in [1.82, 2.24) is 30.0 Å². The van der Waals surface area contributed by atoms with Crippen molar-refractivity contribution < 1.29 is 0 Å². The molecule has 0 aliphatic rings. The first-order valence-electron chi connectivity index (χ1n) is 6.42. The topological polar surface area (TPSA) is 64.3 Å². The van der Waals surface area contributed by atoms with Crippen molar-refractivity contribution in [2.24, 2.45) is 0 Å². The van der Waals surface area contributed by atoms with Gasteiger partial charge in [0.25, 0.3) is 0 Å². The van der Waals surface area contributed by atoms with E-state index in [-0.39, 0.29) is 6.04 Å². The Labute approximate surface area is 134 Å². The number of hydrogen-bond donors (Lipinski definition) is 1. The summed E-state index contributed by atoms with van der Waals surface area (Å²) in [6, 6.07) is 8.03. The average Bonchev–Trinajstić information content (AvgIpc) is 3.05. The number of benzene rings is 1. The minimum Gasteiger partial charge on any atom is -0.299 e. The van der Waals surface area contributed by atoms with Crippen LogP contribution in [-0.2, 0) is 0 Å². The SMILES string of the molecule is CC(C)n1nnc(-c2c[nH]n(-c3cccc(Br)c3)c2=S)n1. The van der Waals surface area contributed by atoms with Crippen LogP contribution in [0.1, 0.15) is 19.9 Å². The van der Waals surface area contributed by atoms with Crippen LogP contribution in [0.15, 0.2) is 34.9 Å². The van der Waals surface area contributed by atoms with Gasteiger partial charge in [0.2, 0.25) is 5.82 Å². The van der Waals surface area contributed by atoms with Gasteiger partial charge in [-0.15, -0.1) is 10.2 Å². The fourth-order valence-corrected chi connectivity index (χ4v) is 2.58. The molecule has 3 rings (SSSR count). The number of hydrogen-bond acceptors (Lipinski definition) is 4. The van der Waals surface area contributed by atoms with Crippen LogP contribution in [0.25, 0.3) is 17.1 Å². The molecule has 0 atom stereocenters. The second-order valence-electron chi connectivity index (χ2n) is 4.83. The zero-order chi connectivity index (χ0) is 15.0.